The van der Waals surface area contributed by atoms with Crippen LogP contribution in [0.25, 0.3) is 11.4 Å². The zero-order valence-electron chi connectivity index (χ0n) is 17.0. The molecule has 0 aliphatic carbocycles. The second-order valence-corrected chi connectivity index (χ2v) is 7.09. The molecule has 2 aromatic rings. The average Bonchev–Trinajstić information content (AvgIpc) is 2.68. The van der Waals surface area contributed by atoms with E-state index in [-0.39, 0.29) is 11.5 Å². The van der Waals surface area contributed by atoms with E-state index in [2.05, 4.69) is 15.6 Å². The average molecular weight is 438 g/mol. The summed E-state index contributed by atoms with van der Waals surface area (Å²) in [6.07, 6.45) is -3.99. The summed E-state index contributed by atoms with van der Waals surface area (Å²) >= 11 is 0. The molecular formula is C20H21F3N4O4. The molecule has 8 nitrogen and oxygen atoms in total. The summed E-state index contributed by atoms with van der Waals surface area (Å²) in [6, 6.07) is 6.50. The topological polar surface area (TPSA) is 110 Å². The van der Waals surface area contributed by atoms with Crippen LogP contribution in [0.4, 0.5) is 18.9 Å². The number of hydrogen-bond donors (Lipinski definition) is 2. The van der Waals surface area contributed by atoms with Crippen molar-refractivity contribution in [1.82, 2.24) is 14.9 Å². The summed E-state index contributed by atoms with van der Waals surface area (Å²) in [4.78, 5) is 52.5. The largest absolute Gasteiger partial charge is 0.452 e. The summed E-state index contributed by atoms with van der Waals surface area (Å²) in [5.74, 6) is -4.39. The molecule has 0 radical (unpaired) electrons. The van der Waals surface area contributed by atoms with Crippen molar-refractivity contribution in [1.29, 1.82) is 0 Å². The van der Waals surface area contributed by atoms with Gasteiger partial charge in [-0.3, -0.25) is 23.7 Å². The van der Waals surface area contributed by atoms with E-state index < -0.39 is 47.8 Å². The van der Waals surface area contributed by atoms with E-state index in [1.807, 2.05) is 0 Å². The third-order valence-electron chi connectivity index (χ3n) is 4.24. The number of carbonyl (C=O) groups is 3. The Bertz CT molecular complexity index is 1030. The van der Waals surface area contributed by atoms with E-state index in [1.54, 1.807) is 30.3 Å². The van der Waals surface area contributed by atoms with Gasteiger partial charge in [-0.2, -0.15) is 13.2 Å². The van der Waals surface area contributed by atoms with Crippen LogP contribution in [0.1, 0.15) is 20.8 Å². The van der Waals surface area contributed by atoms with E-state index in [4.69, 9.17) is 0 Å². The van der Waals surface area contributed by atoms with Crippen molar-refractivity contribution in [2.45, 2.75) is 39.5 Å². The van der Waals surface area contributed by atoms with Crippen molar-refractivity contribution >= 4 is 23.3 Å². The standard InChI is InChI=1S/C20H21F3N4O4/c1-11(2)16(17(30)20(21,22)23)26-15(29)10-27-18(13-7-5-4-6-8-13)24-9-14(19(27)31)25-12(3)28/h4-9,11,16H,10H2,1-3H3,(H,25,28)(H,26,29). The number of Topliss-reactive ketones (excluding diaryl/α,β-unsaturated/α-hetero) is 1. The predicted octanol–water partition coefficient (Wildman–Crippen LogP) is 2.14. The quantitative estimate of drug-likeness (QED) is 0.688. The van der Waals surface area contributed by atoms with Crippen LogP contribution in [0.5, 0.6) is 0 Å². The lowest BCUT2D eigenvalue weighted by atomic mass is 9.99. The Morgan fingerprint density at radius 3 is 2.26 bits per heavy atom. The number of anilines is 1. The molecule has 2 N–H and O–H groups in total. The third-order valence-corrected chi connectivity index (χ3v) is 4.24. The SMILES string of the molecule is CC(=O)Nc1cnc(-c2ccccc2)n(CC(=O)NC(C(=O)C(F)(F)F)C(C)C)c1=O. The molecular weight excluding hydrogens is 417 g/mol. The number of hydrogen-bond acceptors (Lipinski definition) is 5. The second-order valence-electron chi connectivity index (χ2n) is 7.09. The van der Waals surface area contributed by atoms with Crippen LogP contribution >= 0.6 is 0 Å². The molecule has 1 heterocycles. The second kappa shape index (κ2) is 9.54. The van der Waals surface area contributed by atoms with Crippen molar-refractivity contribution in [2.24, 2.45) is 5.92 Å². The lowest BCUT2D eigenvalue weighted by molar-refractivity contribution is -0.174. The van der Waals surface area contributed by atoms with Crippen molar-refractivity contribution in [3.63, 3.8) is 0 Å². The van der Waals surface area contributed by atoms with E-state index in [9.17, 15) is 32.3 Å². The van der Waals surface area contributed by atoms with Crippen molar-refractivity contribution in [3.05, 3.63) is 46.9 Å². The van der Waals surface area contributed by atoms with Gasteiger partial charge in [-0.1, -0.05) is 44.2 Å². The molecule has 0 saturated carbocycles. The van der Waals surface area contributed by atoms with Gasteiger partial charge in [-0.05, 0) is 5.92 Å². The Hall–Kier alpha value is -3.50. The lowest BCUT2D eigenvalue weighted by Gasteiger charge is -2.23. The number of amides is 2. The minimum Gasteiger partial charge on any atom is -0.344 e. The highest BCUT2D eigenvalue weighted by molar-refractivity contribution is 5.93. The van der Waals surface area contributed by atoms with E-state index in [1.165, 1.54) is 20.8 Å². The summed E-state index contributed by atoms with van der Waals surface area (Å²) < 4.78 is 39.5. The van der Waals surface area contributed by atoms with E-state index in [0.717, 1.165) is 10.8 Å². The molecule has 2 amide bonds. The molecule has 1 unspecified atom stereocenters. The molecule has 0 aliphatic heterocycles. The Kier molecular flexibility index (Phi) is 7.32. The van der Waals surface area contributed by atoms with Gasteiger partial charge in [0.25, 0.3) is 11.3 Å². The number of carbonyl (C=O) groups excluding carboxylic acids is 3. The fourth-order valence-corrected chi connectivity index (χ4v) is 2.81. The minimum atomic E-state index is -5.12. The third kappa shape index (κ3) is 6.00. The first-order chi connectivity index (χ1) is 14.4. The highest BCUT2D eigenvalue weighted by atomic mass is 19.4. The summed E-state index contributed by atoms with van der Waals surface area (Å²) in [5, 5.41) is 4.35. The van der Waals surface area contributed by atoms with Crippen LogP contribution in [0.15, 0.2) is 41.3 Å². The number of benzene rings is 1. The van der Waals surface area contributed by atoms with Crippen molar-refractivity contribution < 1.29 is 27.6 Å². The first kappa shape index (κ1) is 23.8. The molecule has 1 atom stereocenters. The molecule has 2 rings (SSSR count). The van der Waals surface area contributed by atoms with Crippen LogP contribution < -0.4 is 16.2 Å². The van der Waals surface area contributed by atoms with E-state index in [0.29, 0.717) is 5.56 Å². The van der Waals surface area contributed by atoms with Gasteiger partial charge < -0.3 is 10.6 Å². The monoisotopic (exact) mass is 438 g/mol. The molecule has 0 spiro atoms. The van der Waals surface area contributed by atoms with Crippen LogP contribution in [0.3, 0.4) is 0 Å². The number of nitrogens with one attached hydrogen (secondary N) is 2. The predicted molar refractivity (Wildman–Crippen MR) is 106 cm³/mol. The maximum Gasteiger partial charge on any atom is 0.452 e. The fourth-order valence-electron chi connectivity index (χ4n) is 2.81. The normalized spacial score (nSPS) is 12.4. The van der Waals surface area contributed by atoms with Gasteiger partial charge in [-0.15, -0.1) is 0 Å². The van der Waals surface area contributed by atoms with Crippen molar-refractivity contribution in [3.8, 4) is 11.4 Å². The molecule has 1 aromatic heterocycles. The Morgan fingerprint density at radius 1 is 1.13 bits per heavy atom. The van der Waals surface area contributed by atoms with Gasteiger partial charge in [0.15, 0.2) is 0 Å². The number of ketones is 1. The minimum absolute atomic E-state index is 0.0677. The molecule has 0 saturated heterocycles. The van der Waals surface area contributed by atoms with Crippen LogP contribution in [-0.4, -0.2) is 39.4 Å². The zero-order chi connectivity index (χ0) is 23.3. The highest BCUT2D eigenvalue weighted by Crippen LogP contribution is 2.21. The van der Waals surface area contributed by atoms with Gasteiger partial charge in [0.05, 0.1) is 12.2 Å². The number of nitrogens with zero attached hydrogens (tertiary/aromatic N) is 2. The summed E-state index contributed by atoms with van der Waals surface area (Å²) in [7, 11) is 0. The smallest absolute Gasteiger partial charge is 0.344 e. The number of halogens is 3. The number of rotatable bonds is 7. The van der Waals surface area contributed by atoms with Crippen LogP contribution in [0.2, 0.25) is 0 Å². The Labute approximate surface area is 175 Å². The Morgan fingerprint density at radius 2 is 1.74 bits per heavy atom. The maximum absolute atomic E-state index is 12.9. The van der Waals surface area contributed by atoms with Gasteiger partial charge in [-0.25, -0.2) is 4.98 Å². The fraction of sp³-hybridized carbons (Fsp3) is 0.350. The molecule has 0 fully saturated rings. The molecule has 0 bridgehead atoms. The van der Waals surface area contributed by atoms with Gasteiger partial charge in [0, 0.05) is 12.5 Å². The zero-order valence-corrected chi connectivity index (χ0v) is 17.0. The number of alkyl halides is 3. The molecule has 0 aliphatic rings. The Balaban J connectivity index is 2.43. The molecule has 166 valence electrons. The van der Waals surface area contributed by atoms with Crippen molar-refractivity contribution in [2.75, 3.05) is 5.32 Å². The first-order valence-electron chi connectivity index (χ1n) is 9.25. The van der Waals surface area contributed by atoms with Crippen LogP contribution in [-0.2, 0) is 20.9 Å². The van der Waals surface area contributed by atoms with Gasteiger partial charge in [0.2, 0.25) is 11.8 Å². The van der Waals surface area contributed by atoms with Gasteiger partial charge in [0.1, 0.15) is 18.1 Å². The lowest BCUT2D eigenvalue weighted by Crippen LogP contribution is -2.51. The molecule has 11 heteroatoms. The molecule has 1 aromatic carbocycles. The maximum atomic E-state index is 12.9. The van der Waals surface area contributed by atoms with Crippen LogP contribution in [0, 0.1) is 5.92 Å². The van der Waals surface area contributed by atoms with Gasteiger partial charge >= 0.3 is 6.18 Å². The highest BCUT2D eigenvalue weighted by Gasteiger charge is 2.45. The van der Waals surface area contributed by atoms with E-state index >= 15 is 0 Å². The molecule has 31 heavy (non-hydrogen) atoms. The first-order valence-corrected chi connectivity index (χ1v) is 9.25. The number of aromatic nitrogens is 2. The summed E-state index contributed by atoms with van der Waals surface area (Å²) in [6.45, 7) is 3.18. The summed E-state index contributed by atoms with van der Waals surface area (Å²) in [5.41, 5.74) is -0.511.